The number of hydrogen-bond donors (Lipinski definition) is 1. The van der Waals surface area contributed by atoms with E-state index in [2.05, 4.69) is 22.0 Å². The molecule has 12 heteroatoms. The molecule has 0 amide bonds. The first-order chi connectivity index (χ1) is 24.8. The van der Waals surface area contributed by atoms with Gasteiger partial charge in [-0.25, -0.2) is 8.42 Å². The highest BCUT2D eigenvalue weighted by Gasteiger charge is 2.41. The second kappa shape index (κ2) is 17.5. The molecule has 0 radical (unpaired) electrons. The number of rotatable bonds is 15. The van der Waals surface area contributed by atoms with Gasteiger partial charge in [0.1, 0.15) is 18.1 Å². The first-order valence-corrected chi connectivity index (χ1v) is 19.6. The molecule has 3 aliphatic heterocycles. The summed E-state index contributed by atoms with van der Waals surface area (Å²) in [5, 5.41) is 3.50. The predicted octanol–water partition coefficient (Wildman–Crippen LogP) is 4.59. The van der Waals surface area contributed by atoms with Crippen LogP contribution in [-0.2, 0) is 28.8 Å². The molecule has 6 rings (SSSR count). The van der Waals surface area contributed by atoms with Crippen molar-refractivity contribution in [3.8, 4) is 11.5 Å². The topological polar surface area (TPSA) is 108 Å². The molecule has 2 fully saturated rings. The fraction of sp³-hybridized carbons (Fsp3) is 0.538. The van der Waals surface area contributed by atoms with Crippen LogP contribution in [0.3, 0.4) is 0 Å². The van der Waals surface area contributed by atoms with Gasteiger partial charge >= 0.3 is 0 Å². The molecule has 2 saturated heterocycles. The van der Waals surface area contributed by atoms with Gasteiger partial charge in [0.15, 0.2) is 5.44 Å². The van der Waals surface area contributed by atoms with Gasteiger partial charge in [-0.3, -0.25) is 4.90 Å². The van der Waals surface area contributed by atoms with E-state index >= 15 is 0 Å². The SMILES string of the molecule is COCCCN1CCOc2ccc(C(O[C@H]3CNC[C@@H](OCCN4CCOC[C@@H]4C)[C@H]3c3ccc(OC)cc3)S(=O)(=O)c3ccc(C)cc3)cc21. The summed E-state index contributed by atoms with van der Waals surface area (Å²) in [5.41, 5.74) is 2.10. The highest BCUT2D eigenvalue weighted by molar-refractivity contribution is 7.91. The largest absolute Gasteiger partial charge is 0.497 e. The highest BCUT2D eigenvalue weighted by atomic mass is 32.2. The zero-order valence-electron chi connectivity index (χ0n) is 30.3. The zero-order valence-corrected chi connectivity index (χ0v) is 31.1. The molecule has 3 aromatic carbocycles. The summed E-state index contributed by atoms with van der Waals surface area (Å²) < 4.78 is 65.4. The quantitative estimate of drug-likeness (QED) is 0.223. The van der Waals surface area contributed by atoms with Crippen LogP contribution >= 0.6 is 0 Å². The van der Waals surface area contributed by atoms with Crippen molar-refractivity contribution in [2.75, 3.05) is 91.4 Å². The zero-order chi connectivity index (χ0) is 35.8. The Labute approximate surface area is 303 Å². The van der Waals surface area contributed by atoms with E-state index in [1.54, 1.807) is 26.4 Å². The van der Waals surface area contributed by atoms with Crippen molar-refractivity contribution in [3.05, 3.63) is 83.4 Å². The van der Waals surface area contributed by atoms with Gasteiger partial charge in [0.05, 0.1) is 56.3 Å². The van der Waals surface area contributed by atoms with E-state index in [1.807, 2.05) is 61.5 Å². The minimum Gasteiger partial charge on any atom is -0.497 e. The molecule has 0 saturated carbocycles. The molecule has 1 N–H and O–H groups in total. The van der Waals surface area contributed by atoms with E-state index in [-0.39, 0.29) is 16.9 Å². The molecular formula is C39H53N3O8S. The van der Waals surface area contributed by atoms with Crippen molar-refractivity contribution < 1.29 is 36.8 Å². The molecule has 51 heavy (non-hydrogen) atoms. The minimum atomic E-state index is -4.02. The summed E-state index contributed by atoms with van der Waals surface area (Å²) in [6.45, 7) is 11.5. The van der Waals surface area contributed by atoms with E-state index in [0.717, 1.165) is 61.0 Å². The van der Waals surface area contributed by atoms with Crippen LogP contribution in [-0.4, -0.2) is 118 Å². The van der Waals surface area contributed by atoms with Gasteiger partial charge in [0.2, 0.25) is 9.84 Å². The number of sulfone groups is 1. The van der Waals surface area contributed by atoms with Crippen LogP contribution < -0.4 is 19.7 Å². The number of methoxy groups -OCH3 is 2. The molecule has 5 atom stereocenters. The van der Waals surface area contributed by atoms with Gasteiger partial charge in [-0.1, -0.05) is 35.9 Å². The van der Waals surface area contributed by atoms with Gasteiger partial charge in [0, 0.05) is 58.4 Å². The average molecular weight is 724 g/mol. The van der Waals surface area contributed by atoms with E-state index in [1.165, 1.54) is 0 Å². The number of benzene rings is 3. The molecule has 11 nitrogen and oxygen atoms in total. The van der Waals surface area contributed by atoms with Crippen molar-refractivity contribution in [1.82, 2.24) is 10.2 Å². The van der Waals surface area contributed by atoms with E-state index in [9.17, 15) is 8.42 Å². The molecule has 0 aliphatic carbocycles. The van der Waals surface area contributed by atoms with E-state index < -0.39 is 21.4 Å². The smallest absolute Gasteiger partial charge is 0.209 e. The minimum absolute atomic E-state index is 0.209. The van der Waals surface area contributed by atoms with Crippen molar-refractivity contribution in [2.45, 2.75) is 54.8 Å². The Bertz CT molecular complexity index is 1660. The third-order valence-electron chi connectivity index (χ3n) is 10.1. The molecule has 3 aromatic rings. The summed E-state index contributed by atoms with van der Waals surface area (Å²) in [6.07, 6.45) is 0.0458. The van der Waals surface area contributed by atoms with Crippen LogP contribution in [0.1, 0.15) is 41.4 Å². The van der Waals surface area contributed by atoms with Crippen LogP contribution in [0.15, 0.2) is 71.6 Å². The molecule has 278 valence electrons. The maximum atomic E-state index is 14.7. The summed E-state index contributed by atoms with van der Waals surface area (Å²) >= 11 is 0. The number of nitrogens with one attached hydrogen (secondary N) is 1. The molecule has 3 aliphatic rings. The molecule has 3 heterocycles. The number of aryl methyl sites for hydroxylation is 1. The Hall–Kier alpha value is -3.23. The number of ether oxygens (including phenoxy) is 6. The molecule has 0 bridgehead atoms. The Kier molecular flexibility index (Phi) is 12.9. The van der Waals surface area contributed by atoms with Gasteiger partial charge < -0.3 is 38.6 Å². The fourth-order valence-corrected chi connectivity index (χ4v) is 8.79. The number of hydrogen-bond acceptors (Lipinski definition) is 11. The second-order valence-corrected chi connectivity index (χ2v) is 15.6. The standard InChI is InChI=1S/C39H53N3O8S/c1-28-6-13-33(14-7-28)51(43,44)39(31-10-15-35-34(24-31)42(19-23-48-35)16-5-20-45-3)50-37-26-40-25-36(38(37)30-8-11-32(46-4)12-9-30)49-22-18-41-17-21-47-27-29(41)2/h6-15,24,29,36-40H,5,16-23,25-27H2,1-4H3/t29-,36+,37-,38+,39?/m0/s1. The maximum Gasteiger partial charge on any atom is 0.209 e. The monoisotopic (exact) mass is 723 g/mol. The number of morpholine rings is 1. The maximum absolute atomic E-state index is 14.7. The van der Waals surface area contributed by atoms with Crippen molar-refractivity contribution in [2.24, 2.45) is 0 Å². The lowest BCUT2D eigenvalue weighted by Crippen LogP contribution is -2.52. The Balaban J connectivity index is 1.34. The summed E-state index contributed by atoms with van der Waals surface area (Å²) in [5.74, 6) is 1.23. The summed E-state index contributed by atoms with van der Waals surface area (Å²) in [7, 11) is -0.672. The Morgan fingerprint density at radius 2 is 1.71 bits per heavy atom. The van der Waals surface area contributed by atoms with Crippen molar-refractivity contribution in [1.29, 1.82) is 0 Å². The van der Waals surface area contributed by atoms with Gasteiger partial charge in [-0.15, -0.1) is 0 Å². The third-order valence-corrected chi connectivity index (χ3v) is 12.0. The lowest BCUT2D eigenvalue weighted by atomic mass is 9.85. The lowest BCUT2D eigenvalue weighted by molar-refractivity contribution is -0.0737. The summed E-state index contributed by atoms with van der Waals surface area (Å²) in [6, 6.07) is 20.8. The van der Waals surface area contributed by atoms with Gasteiger partial charge in [-0.05, 0) is 67.8 Å². The van der Waals surface area contributed by atoms with E-state index in [4.69, 9.17) is 28.4 Å². The van der Waals surface area contributed by atoms with Crippen molar-refractivity contribution in [3.63, 3.8) is 0 Å². The second-order valence-electron chi connectivity index (χ2n) is 13.6. The molecule has 0 aromatic heterocycles. The number of anilines is 1. The number of fused-ring (bicyclic) bond motifs is 1. The molecular weight excluding hydrogens is 671 g/mol. The predicted molar refractivity (Wildman–Crippen MR) is 197 cm³/mol. The number of nitrogens with zero attached hydrogens (tertiary/aromatic N) is 2. The first-order valence-electron chi connectivity index (χ1n) is 18.0. The van der Waals surface area contributed by atoms with Crippen LogP contribution in [0.4, 0.5) is 5.69 Å². The van der Waals surface area contributed by atoms with E-state index in [0.29, 0.717) is 57.7 Å². The van der Waals surface area contributed by atoms with Gasteiger partial charge in [0.25, 0.3) is 0 Å². The Morgan fingerprint density at radius 1 is 0.922 bits per heavy atom. The third kappa shape index (κ3) is 9.05. The highest BCUT2D eigenvalue weighted by Crippen LogP contribution is 2.41. The average Bonchev–Trinajstić information content (AvgIpc) is 3.15. The first kappa shape index (κ1) is 37.5. The van der Waals surface area contributed by atoms with Crippen LogP contribution in [0.2, 0.25) is 0 Å². The van der Waals surface area contributed by atoms with Crippen molar-refractivity contribution >= 4 is 15.5 Å². The molecule has 1 unspecified atom stereocenters. The Morgan fingerprint density at radius 3 is 2.45 bits per heavy atom. The van der Waals surface area contributed by atoms with Gasteiger partial charge in [-0.2, -0.15) is 0 Å². The van der Waals surface area contributed by atoms with Crippen LogP contribution in [0, 0.1) is 6.92 Å². The van der Waals surface area contributed by atoms with Crippen LogP contribution in [0.25, 0.3) is 0 Å². The lowest BCUT2D eigenvalue weighted by Gasteiger charge is -2.41. The van der Waals surface area contributed by atoms with Crippen LogP contribution in [0.5, 0.6) is 11.5 Å². The fourth-order valence-electron chi connectivity index (χ4n) is 7.24. The number of piperidine rings is 1. The normalized spacial score (nSPS) is 23.3. The molecule has 0 spiro atoms. The summed E-state index contributed by atoms with van der Waals surface area (Å²) in [4.78, 5) is 4.83.